The minimum absolute atomic E-state index is 0.00408. The highest BCUT2D eigenvalue weighted by Crippen LogP contribution is 2.28. The third-order valence-electron chi connectivity index (χ3n) is 5.46. The molecule has 7 heteroatoms. The highest BCUT2D eigenvalue weighted by atomic mass is 35.5. The summed E-state index contributed by atoms with van der Waals surface area (Å²) in [5.41, 5.74) is 2.88. The summed E-state index contributed by atoms with van der Waals surface area (Å²) in [7, 11) is 0. The van der Waals surface area contributed by atoms with E-state index in [1.54, 1.807) is 12.3 Å². The molecule has 33 heavy (non-hydrogen) atoms. The van der Waals surface area contributed by atoms with Gasteiger partial charge in [-0.15, -0.1) is 0 Å². The molecule has 0 aliphatic rings. The normalized spacial score (nSPS) is 11.3. The van der Waals surface area contributed by atoms with E-state index >= 15 is 0 Å². The summed E-state index contributed by atoms with van der Waals surface area (Å²) in [6.07, 6.45) is 5.72. The predicted molar refractivity (Wildman–Crippen MR) is 135 cm³/mol. The number of hydrogen-bond acceptors (Lipinski definition) is 6. The predicted octanol–water partition coefficient (Wildman–Crippen LogP) is 4.93. The van der Waals surface area contributed by atoms with E-state index < -0.39 is 0 Å². The van der Waals surface area contributed by atoms with E-state index in [1.807, 2.05) is 42.6 Å². The summed E-state index contributed by atoms with van der Waals surface area (Å²) in [5, 5.41) is 20.0. The number of hydrogen-bond donors (Lipinski definition) is 3. The number of nitrogens with zero attached hydrogens (tertiary/aromatic N) is 2. The Morgan fingerprint density at radius 3 is 2.70 bits per heavy atom. The second kappa shape index (κ2) is 11.9. The average molecular weight is 465 g/mol. The molecule has 2 aromatic carbocycles. The molecule has 172 valence electrons. The van der Waals surface area contributed by atoms with Gasteiger partial charge >= 0.3 is 0 Å². The van der Waals surface area contributed by atoms with E-state index in [1.165, 1.54) is 0 Å². The van der Waals surface area contributed by atoms with Crippen molar-refractivity contribution in [3.63, 3.8) is 0 Å². The fraction of sp³-hybridized carbons (Fsp3) is 0.308. The SMILES string of the molecule is OCc1cc(Cl)cc(CNCCCCOCCNc2nc3ccccc3c3cnccc23)c1. The van der Waals surface area contributed by atoms with Gasteiger partial charge in [0.15, 0.2) is 0 Å². The number of halogens is 1. The van der Waals surface area contributed by atoms with Crippen molar-refractivity contribution in [1.29, 1.82) is 0 Å². The molecular weight excluding hydrogens is 436 g/mol. The number of aliphatic hydroxyl groups is 1. The van der Waals surface area contributed by atoms with Crippen LogP contribution < -0.4 is 10.6 Å². The summed E-state index contributed by atoms with van der Waals surface area (Å²) in [6.45, 7) is 3.70. The number of anilines is 1. The Labute approximate surface area is 199 Å². The Morgan fingerprint density at radius 1 is 0.909 bits per heavy atom. The van der Waals surface area contributed by atoms with Gasteiger partial charge in [-0.05, 0) is 54.8 Å². The minimum atomic E-state index is 0.00408. The summed E-state index contributed by atoms with van der Waals surface area (Å²) in [4.78, 5) is 9.07. The van der Waals surface area contributed by atoms with Crippen molar-refractivity contribution in [2.45, 2.75) is 26.0 Å². The molecule has 0 saturated heterocycles. The molecule has 0 radical (unpaired) electrons. The highest BCUT2D eigenvalue weighted by molar-refractivity contribution is 6.30. The molecule has 0 saturated carbocycles. The van der Waals surface area contributed by atoms with E-state index in [0.29, 0.717) is 18.2 Å². The van der Waals surface area contributed by atoms with Crippen molar-refractivity contribution in [2.75, 3.05) is 31.6 Å². The zero-order chi connectivity index (χ0) is 22.9. The first kappa shape index (κ1) is 23.4. The van der Waals surface area contributed by atoms with Gasteiger partial charge in [0.1, 0.15) is 5.82 Å². The molecule has 6 nitrogen and oxygen atoms in total. The first-order valence-electron chi connectivity index (χ1n) is 11.3. The quantitative estimate of drug-likeness (QED) is 0.204. The van der Waals surface area contributed by atoms with E-state index in [4.69, 9.17) is 21.3 Å². The summed E-state index contributed by atoms with van der Waals surface area (Å²) < 4.78 is 5.79. The van der Waals surface area contributed by atoms with Crippen molar-refractivity contribution in [3.05, 3.63) is 77.1 Å². The van der Waals surface area contributed by atoms with Gasteiger partial charge in [0.2, 0.25) is 0 Å². The van der Waals surface area contributed by atoms with Crippen molar-refractivity contribution in [1.82, 2.24) is 15.3 Å². The standard InChI is InChI=1S/C26H29ClN4O2/c27-21-14-19(13-20(15-21)18-32)16-28-8-3-4-11-33-12-10-30-26-23-7-9-29-17-24(23)22-5-1-2-6-25(22)31-26/h1-2,5-7,9,13-15,17,28,32H,3-4,8,10-12,16,18H2,(H,30,31). The molecule has 0 aliphatic heterocycles. The molecule has 4 aromatic rings. The Morgan fingerprint density at radius 2 is 1.79 bits per heavy atom. The van der Waals surface area contributed by atoms with Gasteiger partial charge in [-0.1, -0.05) is 35.9 Å². The van der Waals surface area contributed by atoms with Crippen LogP contribution in [0.4, 0.5) is 5.82 Å². The Bertz CT molecular complexity index is 1200. The first-order valence-corrected chi connectivity index (χ1v) is 11.7. The number of aliphatic hydroxyl groups excluding tert-OH is 1. The molecule has 0 unspecified atom stereocenters. The Balaban J connectivity index is 1.14. The molecule has 0 aliphatic carbocycles. The van der Waals surface area contributed by atoms with Crippen molar-refractivity contribution in [3.8, 4) is 0 Å². The third kappa shape index (κ3) is 6.39. The number of aromatic nitrogens is 2. The van der Waals surface area contributed by atoms with Crippen LogP contribution in [0.3, 0.4) is 0 Å². The number of benzene rings is 2. The van der Waals surface area contributed by atoms with Crippen LogP contribution in [0.15, 0.2) is 60.9 Å². The lowest BCUT2D eigenvalue weighted by Gasteiger charge is -2.11. The van der Waals surface area contributed by atoms with Crippen LogP contribution in [0.1, 0.15) is 24.0 Å². The molecular formula is C26H29ClN4O2. The molecule has 3 N–H and O–H groups in total. The van der Waals surface area contributed by atoms with Crippen LogP contribution in [0.5, 0.6) is 0 Å². The average Bonchev–Trinajstić information content (AvgIpc) is 2.84. The van der Waals surface area contributed by atoms with E-state index in [9.17, 15) is 5.11 Å². The molecule has 0 fully saturated rings. The van der Waals surface area contributed by atoms with E-state index in [-0.39, 0.29) is 6.61 Å². The fourth-order valence-electron chi connectivity index (χ4n) is 3.87. The number of fused-ring (bicyclic) bond motifs is 3. The fourth-order valence-corrected chi connectivity index (χ4v) is 4.15. The van der Waals surface area contributed by atoms with Gasteiger partial charge in [0, 0.05) is 53.3 Å². The van der Waals surface area contributed by atoms with Gasteiger partial charge < -0.3 is 20.5 Å². The third-order valence-corrected chi connectivity index (χ3v) is 5.68. The molecule has 2 aromatic heterocycles. The maximum Gasteiger partial charge on any atom is 0.134 e. The van der Waals surface area contributed by atoms with E-state index in [2.05, 4.69) is 21.7 Å². The topological polar surface area (TPSA) is 79.3 Å². The summed E-state index contributed by atoms with van der Waals surface area (Å²) in [6, 6.07) is 15.8. The molecule has 0 amide bonds. The summed E-state index contributed by atoms with van der Waals surface area (Å²) in [5.74, 6) is 0.865. The molecule has 0 spiro atoms. The summed E-state index contributed by atoms with van der Waals surface area (Å²) >= 11 is 6.08. The number of ether oxygens (including phenoxy) is 1. The molecule has 0 atom stereocenters. The molecule has 0 bridgehead atoms. The second-order valence-electron chi connectivity index (χ2n) is 7.95. The highest BCUT2D eigenvalue weighted by Gasteiger charge is 2.07. The van der Waals surface area contributed by atoms with Crippen molar-refractivity contribution >= 4 is 39.1 Å². The van der Waals surface area contributed by atoms with Crippen LogP contribution in [0, 0.1) is 0 Å². The lowest BCUT2D eigenvalue weighted by atomic mass is 10.1. The minimum Gasteiger partial charge on any atom is -0.392 e. The molecule has 4 rings (SSSR count). The largest absolute Gasteiger partial charge is 0.392 e. The zero-order valence-corrected chi connectivity index (χ0v) is 19.3. The maximum atomic E-state index is 9.27. The van der Waals surface area contributed by atoms with Crippen LogP contribution in [0.25, 0.3) is 21.7 Å². The molecule has 2 heterocycles. The number of rotatable bonds is 12. The van der Waals surface area contributed by atoms with Crippen molar-refractivity contribution < 1.29 is 9.84 Å². The second-order valence-corrected chi connectivity index (χ2v) is 8.38. The maximum absolute atomic E-state index is 9.27. The Kier molecular flexibility index (Phi) is 8.44. The van der Waals surface area contributed by atoms with Gasteiger partial charge in [-0.2, -0.15) is 0 Å². The zero-order valence-electron chi connectivity index (χ0n) is 18.6. The van der Waals surface area contributed by atoms with Crippen LogP contribution in [0.2, 0.25) is 5.02 Å². The van der Waals surface area contributed by atoms with Crippen LogP contribution in [-0.2, 0) is 17.9 Å². The number of pyridine rings is 2. The first-order chi connectivity index (χ1) is 16.2. The number of para-hydroxylation sites is 1. The van der Waals surface area contributed by atoms with Gasteiger partial charge in [-0.3, -0.25) is 4.98 Å². The van der Waals surface area contributed by atoms with Gasteiger partial charge in [-0.25, -0.2) is 4.98 Å². The van der Waals surface area contributed by atoms with Crippen LogP contribution >= 0.6 is 11.6 Å². The Hall–Kier alpha value is -2.77. The van der Waals surface area contributed by atoms with E-state index in [0.717, 1.165) is 71.2 Å². The van der Waals surface area contributed by atoms with Gasteiger partial charge in [0.05, 0.1) is 18.7 Å². The van der Waals surface area contributed by atoms with Crippen LogP contribution in [-0.4, -0.2) is 41.4 Å². The monoisotopic (exact) mass is 464 g/mol. The number of unbranched alkanes of at least 4 members (excludes halogenated alkanes) is 1. The van der Waals surface area contributed by atoms with Crippen molar-refractivity contribution in [2.24, 2.45) is 0 Å². The smallest absolute Gasteiger partial charge is 0.134 e. The van der Waals surface area contributed by atoms with Gasteiger partial charge in [0.25, 0.3) is 0 Å². The lowest BCUT2D eigenvalue weighted by molar-refractivity contribution is 0.140. The lowest BCUT2D eigenvalue weighted by Crippen LogP contribution is -2.16. The number of nitrogens with one attached hydrogen (secondary N) is 2.